The summed E-state index contributed by atoms with van der Waals surface area (Å²) in [5.41, 5.74) is 0.564. The second kappa shape index (κ2) is 7.44. The molecular weight excluding hydrogens is 436 g/mol. The third-order valence-corrected chi connectivity index (χ3v) is 4.50. The zero-order chi connectivity index (χ0) is 17.1. The Balaban J connectivity index is 2.53. The Labute approximate surface area is 149 Å². The van der Waals surface area contributed by atoms with Gasteiger partial charge in [-0.1, -0.05) is 15.9 Å². The molecule has 6 nitrogen and oxygen atoms in total. The van der Waals surface area contributed by atoms with Gasteiger partial charge >= 0.3 is 17.9 Å². The zero-order valence-electron chi connectivity index (χ0n) is 12.4. The summed E-state index contributed by atoms with van der Waals surface area (Å²) in [7, 11) is 1.25. The van der Waals surface area contributed by atoms with E-state index in [4.69, 9.17) is 9.47 Å². The van der Waals surface area contributed by atoms with E-state index in [2.05, 4.69) is 36.6 Å². The molecule has 0 bridgehead atoms. The average molecular weight is 450 g/mol. The van der Waals surface area contributed by atoms with Crippen molar-refractivity contribution in [3.63, 3.8) is 0 Å². The van der Waals surface area contributed by atoms with Gasteiger partial charge in [-0.25, -0.2) is 0 Å². The van der Waals surface area contributed by atoms with Crippen LogP contribution in [0.1, 0.15) is 24.8 Å². The lowest BCUT2D eigenvalue weighted by Crippen LogP contribution is -2.39. The van der Waals surface area contributed by atoms with Crippen molar-refractivity contribution in [3.8, 4) is 5.75 Å². The fraction of sp³-hybridized carbons (Fsp3) is 0.400. The largest absolute Gasteiger partial charge is 0.469 e. The van der Waals surface area contributed by atoms with Crippen LogP contribution in [0.3, 0.4) is 0 Å². The van der Waals surface area contributed by atoms with Crippen LogP contribution in [0.4, 0.5) is 0 Å². The van der Waals surface area contributed by atoms with Crippen molar-refractivity contribution in [2.45, 2.75) is 19.3 Å². The van der Waals surface area contributed by atoms with Crippen molar-refractivity contribution in [3.05, 3.63) is 26.6 Å². The van der Waals surface area contributed by atoms with Gasteiger partial charge in [-0.3, -0.25) is 14.4 Å². The lowest BCUT2D eigenvalue weighted by molar-refractivity contribution is -0.160. The maximum atomic E-state index is 12.3. The van der Waals surface area contributed by atoms with Crippen LogP contribution in [0.2, 0.25) is 0 Å². The lowest BCUT2D eigenvalue weighted by atomic mass is 9.81. The topological polar surface area (TPSA) is 78.9 Å². The molecular formula is C15H14Br2O6. The van der Waals surface area contributed by atoms with Crippen LogP contribution in [0.15, 0.2) is 21.1 Å². The number of halogens is 2. The second-order valence-corrected chi connectivity index (χ2v) is 6.61. The Kier molecular flexibility index (Phi) is 5.80. The molecule has 0 unspecified atom stereocenters. The molecule has 1 heterocycles. The van der Waals surface area contributed by atoms with Gasteiger partial charge in [0.2, 0.25) is 0 Å². The molecule has 0 radical (unpaired) electrons. The van der Waals surface area contributed by atoms with Crippen LogP contribution in [0.5, 0.6) is 5.75 Å². The van der Waals surface area contributed by atoms with Crippen LogP contribution in [-0.2, 0) is 23.9 Å². The molecule has 0 saturated carbocycles. The number of benzene rings is 1. The lowest BCUT2D eigenvalue weighted by Gasteiger charge is -2.30. The highest BCUT2D eigenvalue weighted by Gasteiger charge is 2.45. The highest BCUT2D eigenvalue weighted by molar-refractivity contribution is 9.11. The van der Waals surface area contributed by atoms with Crippen molar-refractivity contribution in [1.29, 1.82) is 0 Å². The number of ether oxygens (including phenoxy) is 3. The van der Waals surface area contributed by atoms with Gasteiger partial charge in [-0.15, -0.1) is 0 Å². The third-order valence-electron chi connectivity index (χ3n) is 3.45. The van der Waals surface area contributed by atoms with E-state index >= 15 is 0 Å². The van der Waals surface area contributed by atoms with Crippen molar-refractivity contribution in [2.75, 3.05) is 13.7 Å². The second-order valence-electron chi connectivity index (χ2n) is 4.84. The first kappa shape index (κ1) is 17.9. The summed E-state index contributed by atoms with van der Waals surface area (Å²) in [6, 6.07) is 3.43. The van der Waals surface area contributed by atoms with Crippen LogP contribution >= 0.6 is 31.9 Å². The van der Waals surface area contributed by atoms with E-state index in [1.54, 1.807) is 19.1 Å². The quantitative estimate of drug-likeness (QED) is 0.399. The molecule has 2 atom stereocenters. The van der Waals surface area contributed by atoms with Crippen LogP contribution < -0.4 is 4.74 Å². The molecule has 1 aliphatic heterocycles. The molecule has 1 aromatic carbocycles. The van der Waals surface area contributed by atoms with Gasteiger partial charge < -0.3 is 14.2 Å². The van der Waals surface area contributed by atoms with E-state index in [0.717, 1.165) is 4.47 Å². The Hall–Kier alpha value is -1.41. The number of hydrogen-bond donors (Lipinski definition) is 0. The molecule has 0 amide bonds. The summed E-state index contributed by atoms with van der Waals surface area (Å²) >= 11 is 6.67. The molecule has 0 N–H and O–H groups in total. The van der Waals surface area contributed by atoms with E-state index in [1.807, 2.05) is 0 Å². The highest BCUT2D eigenvalue weighted by Crippen LogP contribution is 2.45. The standard InChI is InChI=1S/C15H14Br2O6/c1-3-22-14(19)12-8(6-11(18)21-2)9-4-7(16)5-10(17)13(9)23-15(12)20/h4-5,8,12H,3,6H2,1-2H3/t8-,12-/m0/s1. The number of carbonyl (C=O) groups excluding carboxylic acids is 3. The fourth-order valence-electron chi connectivity index (χ4n) is 2.45. The zero-order valence-corrected chi connectivity index (χ0v) is 15.6. The first-order valence-electron chi connectivity index (χ1n) is 6.83. The summed E-state index contributed by atoms with van der Waals surface area (Å²) in [5, 5.41) is 0. The van der Waals surface area contributed by atoms with Gasteiger partial charge in [-0.05, 0) is 35.0 Å². The minimum absolute atomic E-state index is 0.128. The predicted molar refractivity (Wildman–Crippen MR) is 87.0 cm³/mol. The van der Waals surface area contributed by atoms with Crippen LogP contribution in [0, 0.1) is 5.92 Å². The molecule has 1 aromatic rings. The first-order valence-corrected chi connectivity index (χ1v) is 8.41. The Morgan fingerprint density at radius 2 is 2.00 bits per heavy atom. The molecule has 0 saturated heterocycles. The van der Waals surface area contributed by atoms with Crippen molar-refractivity contribution in [1.82, 2.24) is 0 Å². The number of fused-ring (bicyclic) bond motifs is 1. The molecule has 0 aromatic heterocycles. The SMILES string of the molecule is CCOC(=O)[C@H]1C(=O)Oc2c(Br)cc(Br)cc2[C@@H]1CC(=O)OC. The first-order chi connectivity index (χ1) is 10.9. The predicted octanol–water partition coefficient (Wildman–Crippen LogP) is 2.96. The smallest absolute Gasteiger partial charge is 0.326 e. The summed E-state index contributed by atoms with van der Waals surface area (Å²) in [6.45, 7) is 1.77. The van der Waals surface area contributed by atoms with E-state index in [9.17, 15) is 14.4 Å². The van der Waals surface area contributed by atoms with E-state index in [1.165, 1.54) is 7.11 Å². The number of methoxy groups -OCH3 is 1. The monoisotopic (exact) mass is 448 g/mol. The third kappa shape index (κ3) is 3.74. The molecule has 2 rings (SSSR count). The van der Waals surface area contributed by atoms with Gasteiger partial charge in [0.25, 0.3) is 0 Å². The van der Waals surface area contributed by atoms with Gasteiger partial charge in [0.15, 0.2) is 5.92 Å². The van der Waals surface area contributed by atoms with E-state index in [-0.39, 0.29) is 13.0 Å². The highest BCUT2D eigenvalue weighted by atomic mass is 79.9. The molecule has 0 fully saturated rings. The van der Waals surface area contributed by atoms with E-state index < -0.39 is 29.7 Å². The van der Waals surface area contributed by atoms with Gasteiger partial charge in [-0.2, -0.15) is 0 Å². The minimum Gasteiger partial charge on any atom is -0.469 e. The molecule has 1 aliphatic rings. The van der Waals surface area contributed by atoms with Crippen LogP contribution in [-0.4, -0.2) is 31.6 Å². The number of hydrogen-bond acceptors (Lipinski definition) is 6. The number of rotatable bonds is 4. The Bertz CT molecular complexity index is 658. The normalized spacial score (nSPS) is 19.6. The average Bonchev–Trinajstić information content (AvgIpc) is 2.48. The van der Waals surface area contributed by atoms with Gasteiger partial charge in [0.05, 0.1) is 24.6 Å². The van der Waals surface area contributed by atoms with Crippen molar-refractivity contribution < 1.29 is 28.6 Å². The van der Waals surface area contributed by atoms with Gasteiger partial charge in [0, 0.05) is 16.0 Å². The summed E-state index contributed by atoms with van der Waals surface area (Å²) in [6.07, 6.45) is -0.134. The summed E-state index contributed by atoms with van der Waals surface area (Å²) in [5.74, 6) is -3.61. The molecule has 8 heteroatoms. The minimum atomic E-state index is -1.21. The molecule has 0 aliphatic carbocycles. The molecule has 0 spiro atoms. The van der Waals surface area contributed by atoms with Crippen LogP contribution in [0.25, 0.3) is 0 Å². The molecule has 124 valence electrons. The maximum Gasteiger partial charge on any atom is 0.326 e. The fourth-order valence-corrected chi connectivity index (χ4v) is 3.79. The van der Waals surface area contributed by atoms with Gasteiger partial charge in [0.1, 0.15) is 5.75 Å². The number of carbonyl (C=O) groups is 3. The summed E-state index contributed by atoms with van der Waals surface area (Å²) in [4.78, 5) is 36.2. The van der Waals surface area contributed by atoms with Crippen molar-refractivity contribution in [2.24, 2.45) is 5.92 Å². The van der Waals surface area contributed by atoms with E-state index in [0.29, 0.717) is 15.8 Å². The Morgan fingerprint density at radius 1 is 1.30 bits per heavy atom. The van der Waals surface area contributed by atoms with Crippen molar-refractivity contribution >= 4 is 49.8 Å². The maximum absolute atomic E-state index is 12.3. The summed E-state index contributed by atoms with van der Waals surface area (Å²) < 4.78 is 16.2. The number of esters is 3. The molecule has 23 heavy (non-hydrogen) atoms. The Morgan fingerprint density at radius 3 is 2.61 bits per heavy atom.